The molecule has 0 unspecified atom stereocenters. The van der Waals surface area contributed by atoms with Crippen molar-refractivity contribution in [3.8, 4) is 5.75 Å². The van der Waals surface area contributed by atoms with Gasteiger partial charge in [0.15, 0.2) is 0 Å². The summed E-state index contributed by atoms with van der Waals surface area (Å²) < 4.78 is 10.6. The number of benzene rings is 1. The molecule has 18 heavy (non-hydrogen) atoms. The third-order valence-corrected chi connectivity index (χ3v) is 4.09. The second-order valence-corrected chi connectivity index (χ2v) is 5.81. The van der Waals surface area contributed by atoms with Gasteiger partial charge in [-0.2, -0.15) is 4.37 Å². The lowest BCUT2D eigenvalue weighted by Gasteiger charge is -2.06. The van der Waals surface area contributed by atoms with Crippen molar-refractivity contribution in [2.45, 2.75) is 18.8 Å². The predicted molar refractivity (Wildman–Crippen MR) is 75.9 cm³/mol. The summed E-state index contributed by atoms with van der Waals surface area (Å²) in [4.78, 5) is 4.49. The first-order valence-electron chi connectivity index (χ1n) is 5.70. The van der Waals surface area contributed by atoms with E-state index in [2.05, 4.69) is 30.6 Å². The zero-order chi connectivity index (χ0) is 12.5. The standard InChI is InChI=1S/C12H12BrN3OS/c1-17-10-6-8(4-5-9(10)13)14-12-15-11(16-18-12)7-2-3-7/h4-7H,2-3H2,1H3,(H,14,15,16). The monoisotopic (exact) mass is 325 g/mol. The second-order valence-electron chi connectivity index (χ2n) is 4.21. The van der Waals surface area contributed by atoms with E-state index in [0.717, 1.165) is 26.9 Å². The highest BCUT2D eigenvalue weighted by Gasteiger charge is 2.27. The van der Waals surface area contributed by atoms with Gasteiger partial charge in [0.05, 0.1) is 11.6 Å². The van der Waals surface area contributed by atoms with Crippen LogP contribution in [0.1, 0.15) is 24.6 Å². The number of hydrogen-bond acceptors (Lipinski definition) is 5. The number of anilines is 2. The van der Waals surface area contributed by atoms with Crippen LogP contribution in [0, 0.1) is 0 Å². The Morgan fingerprint density at radius 1 is 1.44 bits per heavy atom. The summed E-state index contributed by atoms with van der Waals surface area (Å²) in [6.07, 6.45) is 2.45. The van der Waals surface area contributed by atoms with Crippen LogP contribution in [-0.4, -0.2) is 16.5 Å². The molecule has 0 saturated heterocycles. The number of halogens is 1. The summed E-state index contributed by atoms with van der Waals surface area (Å²) in [6.45, 7) is 0. The predicted octanol–water partition coefficient (Wildman–Crippen LogP) is 3.93. The lowest BCUT2D eigenvalue weighted by molar-refractivity contribution is 0.412. The molecule has 1 N–H and O–H groups in total. The van der Waals surface area contributed by atoms with Gasteiger partial charge in [-0.3, -0.25) is 0 Å². The van der Waals surface area contributed by atoms with Gasteiger partial charge in [0, 0.05) is 29.2 Å². The highest BCUT2D eigenvalue weighted by molar-refractivity contribution is 9.10. The average molecular weight is 326 g/mol. The van der Waals surface area contributed by atoms with Crippen molar-refractivity contribution in [1.82, 2.24) is 9.36 Å². The van der Waals surface area contributed by atoms with Crippen molar-refractivity contribution in [1.29, 1.82) is 0 Å². The third-order valence-electron chi connectivity index (χ3n) is 2.79. The molecule has 1 aromatic heterocycles. The number of ether oxygens (including phenoxy) is 1. The molecule has 0 amide bonds. The number of aromatic nitrogens is 2. The first kappa shape index (κ1) is 11.9. The third kappa shape index (κ3) is 2.49. The van der Waals surface area contributed by atoms with Crippen LogP contribution in [-0.2, 0) is 0 Å². The Bertz CT molecular complexity index is 568. The zero-order valence-electron chi connectivity index (χ0n) is 9.81. The van der Waals surface area contributed by atoms with Crippen LogP contribution in [0.3, 0.4) is 0 Å². The van der Waals surface area contributed by atoms with Gasteiger partial charge >= 0.3 is 0 Å². The first-order valence-corrected chi connectivity index (χ1v) is 7.27. The molecule has 1 fully saturated rings. The van der Waals surface area contributed by atoms with E-state index in [1.807, 2.05) is 18.2 Å². The largest absolute Gasteiger partial charge is 0.495 e. The quantitative estimate of drug-likeness (QED) is 0.925. The Kier molecular flexibility index (Phi) is 3.22. The van der Waals surface area contributed by atoms with E-state index in [-0.39, 0.29) is 0 Å². The zero-order valence-corrected chi connectivity index (χ0v) is 12.2. The van der Waals surface area contributed by atoms with E-state index in [9.17, 15) is 0 Å². The first-order chi connectivity index (χ1) is 8.76. The Labute approximate surface area is 118 Å². The van der Waals surface area contributed by atoms with E-state index in [4.69, 9.17) is 4.74 Å². The lowest BCUT2D eigenvalue weighted by Crippen LogP contribution is -1.92. The van der Waals surface area contributed by atoms with Gasteiger partial charge in [0.25, 0.3) is 0 Å². The molecule has 94 valence electrons. The van der Waals surface area contributed by atoms with Crippen LogP contribution in [0.25, 0.3) is 0 Å². The molecule has 1 aliphatic rings. The molecule has 1 aromatic carbocycles. The molecule has 3 rings (SSSR count). The van der Waals surface area contributed by atoms with Gasteiger partial charge < -0.3 is 10.1 Å². The fourth-order valence-electron chi connectivity index (χ4n) is 1.65. The van der Waals surface area contributed by atoms with Gasteiger partial charge in [-0.05, 0) is 40.9 Å². The van der Waals surface area contributed by atoms with Crippen molar-refractivity contribution in [2.75, 3.05) is 12.4 Å². The fraction of sp³-hybridized carbons (Fsp3) is 0.333. The van der Waals surface area contributed by atoms with Crippen LogP contribution < -0.4 is 10.1 Å². The van der Waals surface area contributed by atoms with E-state index >= 15 is 0 Å². The number of nitrogens with one attached hydrogen (secondary N) is 1. The minimum absolute atomic E-state index is 0.594. The summed E-state index contributed by atoms with van der Waals surface area (Å²) in [5.74, 6) is 2.37. The topological polar surface area (TPSA) is 47.0 Å². The smallest absolute Gasteiger partial charge is 0.207 e. The lowest BCUT2D eigenvalue weighted by atomic mass is 10.3. The summed E-state index contributed by atoms with van der Waals surface area (Å²) in [7, 11) is 1.65. The molecule has 1 saturated carbocycles. The molecule has 0 atom stereocenters. The van der Waals surface area contributed by atoms with Crippen molar-refractivity contribution in [3.05, 3.63) is 28.5 Å². The van der Waals surface area contributed by atoms with Gasteiger partial charge in [-0.1, -0.05) is 0 Å². The van der Waals surface area contributed by atoms with E-state index in [1.165, 1.54) is 24.4 Å². The summed E-state index contributed by atoms with van der Waals surface area (Å²) in [5, 5.41) is 4.09. The van der Waals surface area contributed by atoms with Gasteiger partial charge in [-0.15, -0.1) is 0 Å². The Morgan fingerprint density at radius 2 is 2.28 bits per heavy atom. The van der Waals surface area contributed by atoms with E-state index < -0.39 is 0 Å². The van der Waals surface area contributed by atoms with Crippen molar-refractivity contribution >= 4 is 38.3 Å². The number of methoxy groups -OCH3 is 1. The summed E-state index contributed by atoms with van der Waals surface area (Å²) >= 11 is 4.83. The maximum Gasteiger partial charge on any atom is 0.207 e. The van der Waals surface area contributed by atoms with E-state index in [0.29, 0.717) is 5.92 Å². The molecule has 2 aromatic rings. The van der Waals surface area contributed by atoms with E-state index in [1.54, 1.807) is 7.11 Å². The molecule has 4 nitrogen and oxygen atoms in total. The molecule has 0 bridgehead atoms. The van der Waals surface area contributed by atoms with Gasteiger partial charge in [-0.25, -0.2) is 4.98 Å². The second kappa shape index (κ2) is 4.85. The summed E-state index contributed by atoms with van der Waals surface area (Å²) in [5.41, 5.74) is 0.952. The minimum atomic E-state index is 0.594. The Balaban J connectivity index is 1.78. The Hall–Kier alpha value is -1.14. The highest BCUT2D eigenvalue weighted by Crippen LogP contribution is 2.39. The van der Waals surface area contributed by atoms with Crippen LogP contribution in [0.15, 0.2) is 22.7 Å². The van der Waals surface area contributed by atoms with Crippen LogP contribution in [0.5, 0.6) is 5.75 Å². The molecule has 6 heteroatoms. The molecule has 0 aliphatic heterocycles. The van der Waals surface area contributed by atoms with Gasteiger partial charge in [0.1, 0.15) is 11.6 Å². The van der Waals surface area contributed by atoms with Crippen molar-refractivity contribution < 1.29 is 4.74 Å². The summed E-state index contributed by atoms with van der Waals surface area (Å²) in [6, 6.07) is 5.86. The van der Waals surface area contributed by atoms with Crippen molar-refractivity contribution in [2.24, 2.45) is 0 Å². The fourth-order valence-corrected chi connectivity index (χ4v) is 2.73. The maximum absolute atomic E-state index is 5.26. The molecule has 1 heterocycles. The number of hydrogen-bond donors (Lipinski definition) is 1. The van der Waals surface area contributed by atoms with Crippen LogP contribution in [0.2, 0.25) is 0 Å². The Morgan fingerprint density at radius 3 is 3.00 bits per heavy atom. The highest BCUT2D eigenvalue weighted by atomic mass is 79.9. The van der Waals surface area contributed by atoms with Crippen LogP contribution in [0.4, 0.5) is 10.8 Å². The SMILES string of the molecule is COc1cc(Nc2nc(C3CC3)ns2)ccc1Br. The average Bonchev–Trinajstić information content (AvgIpc) is 3.13. The van der Waals surface area contributed by atoms with Gasteiger partial charge in [0.2, 0.25) is 5.13 Å². The minimum Gasteiger partial charge on any atom is -0.495 e. The number of nitrogens with zero attached hydrogens (tertiary/aromatic N) is 2. The molecule has 1 aliphatic carbocycles. The van der Waals surface area contributed by atoms with Crippen molar-refractivity contribution in [3.63, 3.8) is 0 Å². The number of rotatable bonds is 4. The molecule has 0 radical (unpaired) electrons. The molecular formula is C12H12BrN3OS. The molecular weight excluding hydrogens is 314 g/mol. The van der Waals surface area contributed by atoms with Crippen LogP contribution >= 0.6 is 27.5 Å². The molecule has 0 spiro atoms. The maximum atomic E-state index is 5.26. The normalized spacial score (nSPS) is 14.6.